The maximum Gasteiger partial charge on any atom is 0.248 e. The summed E-state index contributed by atoms with van der Waals surface area (Å²) in [4.78, 5) is 28.5. The van der Waals surface area contributed by atoms with E-state index in [1.807, 2.05) is 41.3 Å². The Labute approximate surface area is 153 Å². The largest absolute Gasteiger partial charge is 0.341 e. The molecule has 1 fully saturated rings. The van der Waals surface area contributed by atoms with Crippen molar-refractivity contribution in [2.75, 3.05) is 13.1 Å². The molecular weight excluding hydrogens is 338 g/mol. The van der Waals surface area contributed by atoms with Crippen LogP contribution in [0.1, 0.15) is 29.9 Å². The summed E-state index contributed by atoms with van der Waals surface area (Å²) >= 11 is 0. The molecule has 1 atom stereocenters. The van der Waals surface area contributed by atoms with Gasteiger partial charge in [0.25, 0.3) is 0 Å². The van der Waals surface area contributed by atoms with Crippen LogP contribution in [0.2, 0.25) is 0 Å². The van der Waals surface area contributed by atoms with Gasteiger partial charge in [0.1, 0.15) is 0 Å². The molecule has 2 heterocycles. The molecule has 1 amide bonds. The fraction of sp³-hybridized carbons (Fsp3) is 0.368. The molecule has 3 N–H and O–H groups in total. The van der Waals surface area contributed by atoms with Gasteiger partial charge in [-0.25, -0.2) is 0 Å². The molecule has 0 unspecified atom stereocenters. The molecule has 1 aromatic carbocycles. The maximum absolute atomic E-state index is 12.5. The molecule has 5 nitrogen and oxygen atoms in total. The molecular formula is C19H24ClN3O2. The van der Waals surface area contributed by atoms with Crippen LogP contribution in [0.15, 0.2) is 53.5 Å². The number of amides is 1. The summed E-state index contributed by atoms with van der Waals surface area (Å²) in [7, 11) is 0. The van der Waals surface area contributed by atoms with Crippen molar-refractivity contribution in [1.29, 1.82) is 0 Å². The van der Waals surface area contributed by atoms with Gasteiger partial charge in [0.15, 0.2) is 0 Å². The van der Waals surface area contributed by atoms with Crippen molar-refractivity contribution < 1.29 is 4.79 Å². The van der Waals surface area contributed by atoms with E-state index < -0.39 is 6.04 Å². The van der Waals surface area contributed by atoms with Gasteiger partial charge in [0.2, 0.25) is 11.5 Å². The van der Waals surface area contributed by atoms with E-state index in [9.17, 15) is 9.59 Å². The van der Waals surface area contributed by atoms with Crippen molar-refractivity contribution >= 4 is 18.3 Å². The van der Waals surface area contributed by atoms with Gasteiger partial charge in [-0.3, -0.25) is 9.59 Å². The van der Waals surface area contributed by atoms with Gasteiger partial charge >= 0.3 is 0 Å². The standard InChI is InChI=1S/C19H23N3O2.ClH/c20-17(12-14-4-2-1-3-5-14)19(24)22-10-7-15(8-11-22)16-6-9-21-18(23)13-16;/h1-6,9,13,15,17H,7-8,10-12,20H2,(H,21,23);1H/t17-;/m1./s1. The van der Waals surface area contributed by atoms with Gasteiger partial charge in [-0.05, 0) is 42.4 Å². The number of hydrogen-bond acceptors (Lipinski definition) is 3. The third-order valence-corrected chi connectivity index (χ3v) is 4.69. The number of hydrogen-bond donors (Lipinski definition) is 2. The maximum atomic E-state index is 12.5. The van der Waals surface area contributed by atoms with E-state index in [0.717, 1.165) is 24.0 Å². The fourth-order valence-corrected chi connectivity index (χ4v) is 3.34. The second kappa shape index (κ2) is 8.83. The Kier molecular flexibility index (Phi) is 6.79. The monoisotopic (exact) mass is 361 g/mol. The molecule has 134 valence electrons. The number of nitrogens with zero attached hydrogens (tertiary/aromatic N) is 1. The van der Waals surface area contributed by atoms with Gasteiger partial charge in [-0.2, -0.15) is 0 Å². The minimum absolute atomic E-state index is 0. The highest BCUT2D eigenvalue weighted by molar-refractivity contribution is 5.85. The second-order valence-electron chi connectivity index (χ2n) is 6.38. The average molecular weight is 362 g/mol. The predicted molar refractivity (Wildman–Crippen MR) is 101 cm³/mol. The van der Waals surface area contributed by atoms with Crippen LogP contribution in [-0.2, 0) is 11.2 Å². The molecule has 0 aliphatic carbocycles. The zero-order valence-electron chi connectivity index (χ0n) is 14.1. The summed E-state index contributed by atoms with van der Waals surface area (Å²) < 4.78 is 0. The van der Waals surface area contributed by atoms with Crippen molar-refractivity contribution in [3.05, 3.63) is 70.1 Å². The average Bonchev–Trinajstić information content (AvgIpc) is 2.62. The highest BCUT2D eigenvalue weighted by Gasteiger charge is 2.27. The fourth-order valence-electron chi connectivity index (χ4n) is 3.34. The van der Waals surface area contributed by atoms with E-state index in [4.69, 9.17) is 5.73 Å². The third kappa shape index (κ3) is 4.94. The number of nitrogens with one attached hydrogen (secondary N) is 1. The van der Waals surface area contributed by atoms with E-state index in [1.165, 1.54) is 0 Å². The lowest BCUT2D eigenvalue weighted by Gasteiger charge is -2.33. The first kappa shape index (κ1) is 19.2. The summed E-state index contributed by atoms with van der Waals surface area (Å²) in [6.45, 7) is 1.39. The number of H-pyrrole nitrogens is 1. The van der Waals surface area contributed by atoms with Crippen molar-refractivity contribution in [2.45, 2.75) is 31.2 Å². The zero-order valence-corrected chi connectivity index (χ0v) is 14.9. The first-order valence-electron chi connectivity index (χ1n) is 8.40. The Morgan fingerprint density at radius 2 is 1.88 bits per heavy atom. The predicted octanol–water partition coefficient (Wildman–Crippen LogP) is 2.07. The molecule has 0 saturated carbocycles. The van der Waals surface area contributed by atoms with E-state index in [0.29, 0.717) is 25.4 Å². The van der Waals surface area contributed by atoms with Gasteiger partial charge in [-0.1, -0.05) is 30.3 Å². The van der Waals surface area contributed by atoms with E-state index in [-0.39, 0.29) is 23.9 Å². The number of pyridine rings is 1. The smallest absolute Gasteiger partial charge is 0.248 e. The molecule has 1 saturated heterocycles. The minimum atomic E-state index is -0.497. The molecule has 1 aromatic heterocycles. The van der Waals surface area contributed by atoms with Gasteiger partial charge in [0.05, 0.1) is 6.04 Å². The minimum Gasteiger partial charge on any atom is -0.341 e. The summed E-state index contributed by atoms with van der Waals surface area (Å²) in [5.41, 5.74) is 8.17. The highest BCUT2D eigenvalue weighted by Crippen LogP contribution is 2.27. The first-order valence-corrected chi connectivity index (χ1v) is 8.40. The van der Waals surface area contributed by atoms with Crippen LogP contribution in [0.3, 0.4) is 0 Å². The number of aromatic nitrogens is 1. The lowest BCUT2D eigenvalue weighted by molar-refractivity contribution is -0.133. The molecule has 1 aliphatic rings. The molecule has 3 rings (SSSR count). The number of rotatable bonds is 4. The van der Waals surface area contributed by atoms with Crippen LogP contribution in [0.4, 0.5) is 0 Å². The van der Waals surface area contributed by atoms with Crippen LogP contribution in [0.25, 0.3) is 0 Å². The van der Waals surface area contributed by atoms with E-state index in [2.05, 4.69) is 4.98 Å². The number of aromatic amines is 1. The number of carbonyl (C=O) groups excluding carboxylic acids is 1. The molecule has 1 aliphatic heterocycles. The van der Waals surface area contributed by atoms with E-state index in [1.54, 1.807) is 12.3 Å². The Bertz CT molecular complexity index is 740. The number of likely N-dealkylation sites (tertiary alicyclic amines) is 1. The van der Waals surface area contributed by atoms with Crippen LogP contribution in [0.5, 0.6) is 0 Å². The summed E-state index contributed by atoms with van der Waals surface area (Å²) in [5, 5.41) is 0. The van der Waals surface area contributed by atoms with Crippen LogP contribution >= 0.6 is 12.4 Å². The molecule has 6 heteroatoms. The number of benzene rings is 1. The second-order valence-corrected chi connectivity index (χ2v) is 6.38. The van der Waals surface area contributed by atoms with Crippen LogP contribution < -0.4 is 11.3 Å². The number of nitrogens with two attached hydrogens (primary N) is 1. The Balaban J connectivity index is 0.00000225. The lowest BCUT2D eigenvalue weighted by Crippen LogP contribution is -2.47. The zero-order chi connectivity index (χ0) is 16.9. The lowest BCUT2D eigenvalue weighted by atomic mass is 9.89. The Hall–Kier alpha value is -2.11. The van der Waals surface area contributed by atoms with Crippen molar-refractivity contribution in [3.8, 4) is 0 Å². The molecule has 0 spiro atoms. The Morgan fingerprint density at radius 3 is 2.52 bits per heavy atom. The number of carbonyl (C=O) groups is 1. The van der Waals surface area contributed by atoms with Crippen molar-refractivity contribution in [2.24, 2.45) is 5.73 Å². The normalized spacial score (nSPS) is 16.1. The molecule has 0 bridgehead atoms. The molecule has 25 heavy (non-hydrogen) atoms. The number of piperidine rings is 1. The summed E-state index contributed by atoms with van der Waals surface area (Å²) in [5.74, 6) is 0.352. The number of halogens is 1. The SMILES string of the molecule is Cl.N[C@H](Cc1ccccc1)C(=O)N1CCC(c2cc[nH]c(=O)c2)CC1. The van der Waals surface area contributed by atoms with Crippen molar-refractivity contribution in [3.63, 3.8) is 0 Å². The summed E-state index contributed by atoms with van der Waals surface area (Å²) in [6, 6.07) is 13.0. The quantitative estimate of drug-likeness (QED) is 0.875. The Morgan fingerprint density at radius 1 is 1.20 bits per heavy atom. The van der Waals surface area contributed by atoms with Crippen LogP contribution in [0, 0.1) is 0 Å². The van der Waals surface area contributed by atoms with Gasteiger partial charge < -0.3 is 15.6 Å². The molecule has 0 radical (unpaired) electrons. The highest BCUT2D eigenvalue weighted by atomic mass is 35.5. The topological polar surface area (TPSA) is 79.2 Å². The summed E-state index contributed by atoms with van der Waals surface area (Å²) in [6.07, 6.45) is 3.99. The van der Waals surface area contributed by atoms with Crippen LogP contribution in [-0.4, -0.2) is 34.9 Å². The van der Waals surface area contributed by atoms with Gasteiger partial charge in [0, 0.05) is 25.4 Å². The van der Waals surface area contributed by atoms with Gasteiger partial charge in [-0.15, -0.1) is 12.4 Å². The first-order chi connectivity index (χ1) is 11.6. The van der Waals surface area contributed by atoms with E-state index >= 15 is 0 Å². The molecule has 2 aromatic rings. The third-order valence-electron chi connectivity index (χ3n) is 4.69. The van der Waals surface area contributed by atoms with Crippen molar-refractivity contribution in [1.82, 2.24) is 9.88 Å².